The van der Waals surface area contributed by atoms with Gasteiger partial charge in [-0.25, -0.2) is 6.57 Å². The number of carbonyl (C=O) groups excluding carboxylic acids is 2. The van der Waals surface area contributed by atoms with E-state index in [2.05, 4.69) is 4.85 Å². The van der Waals surface area contributed by atoms with Crippen LogP contribution in [-0.2, 0) is 24.5 Å². The van der Waals surface area contributed by atoms with Crippen molar-refractivity contribution in [1.29, 1.82) is 0 Å². The van der Waals surface area contributed by atoms with Gasteiger partial charge in [0.05, 0.1) is 14.2 Å². The minimum atomic E-state index is -1.72. The molecule has 0 aliphatic heterocycles. The van der Waals surface area contributed by atoms with Crippen LogP contribution in [0.2, 0.25) is 0 Å². The number of carbonyl (C=O) groups is 2. The molecule has 0 atom stereocenters. The molecule has 100 valence electrons. The lowest BCUT2D eigenvalue weighted by molar-refractivity contribution is -0.161. The maximum atomic E-state index is 12.0. The second-order valence-corrected chi connectivity index (χ2v) is 4.07. The highest BCUT2D eigenvalue weighted by atomic mass is 16.5. The number of hydrogen-bond acceptors (Lipinski definition) is 4. The molecular formula is C14H15NO4. The number of aryl methyl sites for hydroxylation is 1. The molecule has 0 saturated carbocycles. The maximum absolute atomic E-state index is 12.0. The van der Waals surface area contributed by atoms with Crippen LogP contribution in [0.4, 0.5) is 0 Å². The SMILES string of the molecule is [C-]#[N+]CC(C(=O)OC)(C(=O)OC)c1ccc(C)cc1. The summed E-state index contributed by atoms with van der Waals surface area (Å²) >= 11 is 0. The third-order valence-electron chi connectivity index (χ3n) is 2.93. The van der Waals surface area contributed by atoms with Crippen LogP contribution < -0.4 is 0 Å². The molecule has 0 aromatic heterocycles. The summed E-state index contributed by atoms with van der Waals surface area (Å²) < 4.78 is 9.39. The molecule has 5 heteroatoms. The molecule has 0 saturated heterocycles. The monoisotopic (exact) mass is 261 g/mol. The summed E-state index contributed by atoms with van der Waals surface area (Å²) in [5.74, 6) is -1.58. The molecule has 0 N–H and O–H groups in total. The van der Waals surface area contributed by atoms with Gasteiger partial charge < -0.3 is 14.3 Å². The van der Waals surface area contributed by atoms with Crippen molar-refractivity contribution in [3.63, 3.8) is 0 Å². The van der Waals surface area contributed by atoms with E-state index in [1.54, 1.807) is 24.3 Å². The fourth-order valence-corrected chi connectivity index (χ4v) is 1.84. The highest BCUT2D eigenvalue weighted by molar-refractivity contribution is 6.07. The largest absolute Gasteiger partial charge is 0.468 e. The molecule has 0 fully saturated rings. The fraction of sp³-hybridized carbons (Fsp3) is 0.357. The molecule has 1 aromatic carbocycles. The molecule has 0 radical (unpaired) electrons. The van der Waals surface area contributed by atoms with E-state index in [1.807, 2.05) is 6.92 Å². The van der Waals surface area contributed by atoms with Gasteiger partial charge in [0.15, 0.2) is 0 Å². The van der Waals surface area contributed by atoms with Gasteiger partial charge in [0.2, 0.25) is 6.54 Å². The predicted molar refractivity (Wildman–Crippen MR) is 68.4 cm³/mol. The smallest absolute Gasteiger partial charge is 0.335 e. The third kappa shape index (κ3) is 2.58. The van der Waals surface area contributed by atoms with Gasteiger partial charge in [-0.3, -0.25) is 9.59 Å². The molecule has 0 unspecified atom stereocenters. The van der Waals surface area contributed by atoms with Crippen molar-refractivity contribution in [1.82, 2.24) is 0 Å². The average molecular weight is 261 g/mol. The quantitative estimate of drug-likeness (QED) is 0.468. The van der Waals surface area contributed by atoms with Crippen LogP contribution in [0.1, 0.15) is 11.1 Å². The number of benzene rings is 1. The second-order valence-electron chi connectivity index (χ2n) is 4.07. The zero-order valence-electron chi connectivity index (χ0n) is 11.1. The standard InChI is InChI=1S/C14H15NO4/c1-10-5-7-11(8-6-10)14(9-15-2,12(16)18-3)13(17)19-4/h5-8H,9H2,1,3-4H3. The molecule has 0 aliphatic carbocycles. The zero-order chi connectivity index (χ0) is 14.5. The molecule has 19 heavy (non-hydrogen) atoms. The number of hydrogen-bond donors (Lipinski definition) is 0. The van der Waals surface area contributed by atoms with Gasteiger partial charge in [-0.1, -0.05) is 29.8 Å². The van der Waals surface area contributed by atoms with Crippen LogP contribution in [0.5, 0.6) is 0 Å². The minimum Gasteiger partial charge on any atom is -0.468 e. The first-order valence-corrected chi connectivity index (χ1v) is 5.60. The minimum absolute atomic E-state index is 0.352. The number of esters is 2. The summed E-state index contributed by atoms with van der Waals surface area (Å²) in [4.78, 5) is 27.3. The Morgan fingerprint density at radius 2 is 1.63 bits per heavy atom. The van der Waals surface area contributed by atoms with Crippen molar-refractivity contribution in [2.24, 2.45) is 0 Å². The number of methoxy groups -OCH3 is 2. The average Bonchev–Trinajstić information content (AvgIpc) is 2.44. The molecule has 0 aliphatic rings. The lowest BCUT2D eigenvalue weighted by Crippen LogP contribution is -2.47. The number of ether oxygens (including phenoxy) is 2. The first-order chi connectivity index (χ1) is 9.02. The van der Waals surface area contributed by atoms with Gasteiger partial charge in [-0.15, -0.1) is 0 Å². The number of rotatable bonds is 4. The van der Waals surface area contributed by atoms with Gasteiger partial charge >= 0.3 is 11.9 Å². The van der Waals surface area contributed by atoms with Crippen molar-refractivity contribution in [2.75, 3.05) is 20.8 Å². The summed E-state index contributed by atoms with van der Waals surface area (Å²) in [5.41, 5.74) is -0.345. The van der Waals surface area contributed by atoms with Gasteiger partial charge in [0.25, 0.3) is 5.41 Å². The topological polar surface area (TPSA) is 57.0 Å². The van der Waals surface area contributed by atoms with Crippen LogP contribution in [0, 0.1) is 13.5 Å². The number of nitrogens with zero attached hydrogens (tertiary/aromatic N) is 1. The highest BCUT2D eigenvalue weighted by Gasteiger charge is 2.53. The van der Waals surface area contributed by atoms with E-state index < -0.39 is 17.4 Å². The van der Waals surface area contributed by atoms with Crippen molar-refractivity contribution < 1.29 is 19.1 Å². The molecule has 1 rings (SSSR count). The van der Waals surface area contributed by atoms with Crippen LogP contribution in [-0.4, -0.2) is 32.7 Å². The van der Waals surface area contributed by atoms with Crippen molar-refractivity contribution in [3.05, 3.63) is 46.8 Å². The van der Waals surface area contributed by atoms with E-state index in [4.69, 9.17) is 16.0 Å². The summed E-state index contributed by atoms with van der Waals surface area (Å²) in [6, 6.07) is 6.79. The summed E-state index contributed by atoms with van der Waals surface area (Å²) in [6.45, 7) is 8.53. The van der Waals surface area contributed by atoms with Crippen LogP contribution in [0.15, 0.2) is 24.3 Å². The fourth-order valence-electron chi connectivity index (χ4n) is 1.84. The van der Waals surface area contributed by atoms with Crippen molar-refractivity contribution >= 4 is 11.9 Å². The van der Waals surface area contributed by atoms with Crippen LogP contribution >= 0.6 is 0 Å². The third-order valence-corrected chi connectivity index (χ3v) is 2.93. The lowest BCUT2D eigenvalue weighted by Gasteiger charge is -2.23. The summed E-state index contributed by atoms with van der Waals surface area (Å²) in [5, 5.41) is 0. The van der Waals surface area contributed by atoms with E-state index in [0.717, 1.165) is 5.56 Å². The molecule has 0 spiro atoms. The Morgan fingerprint density at radius 1 is 1.16 bits per heavy atom. The van der Waals surface area contributed by atoms with E-state index >= 15 is 0 Å². The van der Waals surface area contributed by atoms with E-state index in [-0.39, 0.29) is 6.54 Å². The van der Waals surface area contributed by atoms with E-state index in [1.165, 1.54) is 14.2 Å². The van der Waals surface area contributed by atoms with Gasteiger partial charge in [0, 0.05) is 0 Å². The normalized spacial score (nSPS) is 10.4. The second kappa shape index (κ2) is 6.01. The maximum Gasteiger partial charge on any atom is 0.335 e. The van der Waals surface area contributed by atoms with Gasteiger partial charge in [0.1, 0.15) is 0 Å². The van der Waals surface area contributed by atoms with Crippen molar-refractivity contribution in [2.45, 2.75) is 12.3 Å². The van der Waals surface area contributed by atoms with Gasteiger partial charge in [-0.2, -0.15) is 0 Å². The Bertz CT molecular complexity index is 497. The first kappa shape index (κ1) is 14.7. The van der Waals surface area contributed by atoms with Crippen molar-refractivity contribution in [3.8, 4) is 0 Å². The van der Waals surface area contributed by atoms with Crippen LogP contribution in [0.25, 0.3) is 4.85 Å². The molecule has 5 nitrogen and oxygen atoms in total. The summed E-state index contributed by atoms with van der Waals surface area (Å²) in [6.07, 6.45) is 0. The molecule has 0 bridgehead atoms. The Morgan fingerprint density at radius 3 is 2.00 bits per heavy atom. The van der Waals surface area contributed by atoms with E-state index in [9.17, 15) is 9.59 Å². The van der Waals surface area contributed by atoms with Crippen LogP contribution in [0.3, 0.4) is 0 Å². The highest BCUT2D eigenvalue weighted by Crippen LogP contribution is 2.28. The molecule has 1 aromatic rings. The lowest BCUT2D eigenvalue weighted by atomic mass is 9.80. The Kier molecular flexibility index (Phi) is 4.65. The Balaban J connectivity index is 3.47. The predicted octanol–water partition coefficient (Wildman–Crippen LogP) is 1.50. The molecular weight excluding hydrogens is 246 g/mol. The zero-order valence-corrected chi connectivity index (χ0v) is 11.1. The van der Waals surface area contributed by atoms with Gasteiger partial charge in [-0.05, 0) is 12.5 Å². The molecule has 0 heterocycles. The summed E-state index contributed by atoms with van der Waals surface area (Å²) in [7, 11) is 2.36. The molecule has 0 amide bonds. The Hall–Kier alpha value is -2.35. The van der Waals surface area contributed by atoms with E-state index in [0.29, 0.717) is 5.56 Å². The Labute approximate surface area is 112 Å². The first-order valence-electron chi connectivity index (χ1n) is 5.60.